The lowest BCUT2D eigenvalue weighted by Gasteiger charge is -2.27. The number of nitrogens with zero attached hydrogens (tertiary/aromatic N) is 1. The van der Waals surface area contributed by atoms with Gasteiger partial charge in [-0.25, -0.2) is 0 Å². The van der Waals surface area contributed by atoms with Crippen molar-refractivity contribution in [2.24, 2.45) is 5.92 Å². The molecule has 1 aliphatic rings. The minimum atomic E-state index is -4.33. The van der Waals surface area contributed by atoms with Crippen LogP contribution in [0, 0.1) is 5.92 Å². The zero-order valence-electron chi connectivity index (χ0n) is 12.9. The maximum atomic E-state index is 12.3. The van der Waals surface area contributed by atoms with Gasteiger partial charge in [0.05, 0.1) is 18.8 Å². The third-order valence-electron chi connectivity index (χ3n) is 3.51. The molecule has 0 radical (unpaired) electrons. The lowest BCUT2D eigenvalue weighted by atomic mass is 10.1. The molecule has 1 amide bonds. The average molecular weight is 310 g/mol. The number of amides is 1. The van der Waals surface area contributed by atoms with Crippen LogP contribution in [-0.4, -0.2) is 48.9 Å². The van der Waals surface area contributed by atoms with Crippen LogP contribution < -0.4 is 5.32 Å². The predicted molar refractivity (Wildman–Crippen MR) is 73.7 cm³/mol. The predicted octanol–water partition coefficient (Wildman–Crippen LogP) is 2.54. The maximum absolute atomic E-state index is 12.3. The summed E-state index contributed by atoms with van der Waals surface area (Å²) in [6.45, 7) is 4.84. The van der Waals surface area contributed by atoms with Gasteiger partial charge in [0.25, 0.3) is 0 Å². The Bertz CT molecular complexity index is 335. The highest BCUT2D eigenvalue weighted by molar-refractivity contribution is 5.84. The third-order valence-corrected chi connectivity index (χ3v) is 3.51. The number of ether oxygens (including phenoxy) is 1. The molecule has 2 atom stereocenters. The van der Waals surface area contributed by atoms with Gasteiger partial charge in [0.15, 0.2) is 0 Å². The van der Waals surface area contributed by atoms with Gasteiger partial charge < -0.3 is 9.64 Å². The van der Waals surface area contributed by atoms with Crippen LogP contribution in [0.25, 0.3) is 0 Å². The molecule has 0 bridgehead atoms. The van der Waals surface area contributed by atoms with Crippen molar-refractivity contribution in [1.29, 1.82) is 0 Å². The Morgan fingerprint density at radius 1 is 1.38 bits per heavy atom. The number of unbranched alkanes of at least 4 members (excludes halogenated alkanes) is 1. The van der Waals surface area contributed by atoms with Crippen molar-refractivity contribution in [3.63, 3.8) is 0 Å². The van der Waals surface area contributed by atoms with Crippen molar-refractivity contribution in [2.45, 2.75) is 58.4 Å². The molecule has 1 fully saturated rings. The van der Waals surface area contributed by atoms with Crippen molar-refractivity contribution in [2.75, 3.05) is 19.8 Å². The molecule has 0 saturated carbocycles. The molecule has 21 heavy (non-hydrogen) atoms. The molecule has 2 unspecified atom stereocenters. The third kappa shape index (κ3) is 5.82. The van der Waals surface area contributed by atoms with Crippen LogP contribution >= 0.6 is 0 Å². The molecule has 0 aromatic heterocycles. The summed E-state index contributed by atoms with van der Waals surface area (Å²) in [5.41, 5.74) is 0. The Balaban J connectivity index is 2.50. The molecule has 4 nitrogen and oxygen atoms in total. The van der Waals surface area contributed by atoms with Crippen LogP contribution in [0.2, 0.25) is 0 Å². The van der Waals surface area contributed by atoms with E-state index in [1.54, 1.807) is 4.90 Å². The lowest BCUT2D eigenvalue weighted by molar-refractivity contribution is -0.175. The number of nitrogens with one attached hydrogen (secondary N) is 1. The first-order valence-corrected chi connectivity index (χ1v) is 7.47. The zero-order valence-corrected chi connectivity index (χ0v) is 12.9. The quantitative estimate of drug-likeness (QED) is 0.701. The second-order valence-electron chi connectivity index (χ2n) is 5.75. The fraction of sp³-hybridized carbons (Fsp3) is 0.929. The molecule has 0 aliphatic carbocycles. The van der Waals surface area contributed by atoms with Gasteiger partial charge >= 0.3 is 6.18 Å². The van der Waals surface area contributed by atoms with E-state index < -0.39 is 12.8 Å². The van der Waals surface area contributed by atoms with Gasteiger partial charge in [-0.3, -0.25) is 10.1 Å². The van der Waals surface area contributed by atoms with Gasteiger partial charge in [-0.1, -0.05) is 33.6 Å². The molecule has 0 spiro atoms. The summed E-state index contributed by atoms with van der Waals surface area (Å²) in [7, 11) is 0. The summed E-state index contributed by atoms with van der Waals surface area (Å²) < 4.78 is 40.7. The fourth-order valence-electron chi connectivity index (χ4n) is 2.47. The normalized spacial score (nSPS) is 23.4. The van der Waals surface area contributed by atoms with Crippen LogP contribution in [-0.2, 0) is 9.53 Å². The largest absolute Gasteiger partial charge is 0.411 e. The van der Waals surface area contributed by atoms with Gasteiger partial charge in [0.2, 0.25) is 5.91 Å². The van der Waals surface area contributed by atoms with E-state index in [0.717, 1.165) is 19.3 Å². The van der Waals surface area contributed by atoms with E-state index in [9.17, 15) is 18.0 Å². The molecule has 1 saturated heterocycles. The molecule has 1 aliphatic heterocycles. The summed E-state index contributed by atoms with van der Waals surface area (Å²) in [6.07, 6.45) is -1.74. The molecule has 0 aromatic rings. The summed E-state index contributed by atoms with van der Waals surface area (Å²) in [5, 5.41) is 3.28. The molecular formula is C14H25F3N2O2. The highest BCUT2D eigenvalue weighted by Crippen LogP contribution is 2.20. The minimum absolute atomic E-state index is 0.0299. The summed E-state index contributed by atoms with van der Waals surface area (Å²) in [6, 6.07) is -0.222. The highest BCUT2D eigenvalue weighted by atomic mass is 19.4. The summed E-state index contributed by atoms with van der Waals surface area (Å²) >= 11 is 0. The van der Waals surface area contributed by atoms with E-state index in [4.69, 9.17) is 0 Å². The number of hydrogen-bond donors (Lipinski definition) is 1. The van der Waals surface area contributed by atoms with Gasteiger partial charge in [-0.2, -0.15) is 13.2 Å². The van der Waals surface area contributed by atoms with Crippen LogP contribution in [0.15, 0.2) is 0 Å². The van der Waals surface area contributed by atoms with E-state index in [0.29, 0.717) is 0 Å². The average Bonchev–Trinajstić information content (AvgIpc) is 2.68. The smallest absolute Gasteiger partial charge is 0.370 e. The Morgan fingerprint density at radius 2 is 2.05 bits per heavy atom. The molecule has 1 heterocycles. The molecule has 124 valence electrons. The highest BCUT2D eigenvalue weighted by Gasteiger charge is 2.39. The van der Waals surface area contributed by atoms with Crippen LogP contribution in [0.3, 0.4) is 0 Å². The second kappa shape index (κ2) is 7.98. The Hall–Kier alpha value is -0.820. The first kappa shape index (κ1) is 18.2. The number of carbonyl (C=O) groups is 1. The standard InChI is InChI=1S/C14H25F3N2O2/c1-4-5-6-11-13(20)19(12(18-11)10(2)3)7-8-21-9-14(15,16)17/h10-12,18H,4-9H2,1-3H3. The van der Waals surface area contributed by atoms with Crippen molar-refractivity contribution in [3.05, 3.63) is 0 Å². The van der Waals surface area contributed by atoms with Crippen molar-refractivity contribution < 1.29 is 22.7 Å². The monoisotopic (exact) mass is 310 g/mol. The zero-order chi connectivity index (χ0) is 16.0. The van der Waals surface area contributed by atoms with Gasteiger partial charge in [-0.05, 0) is 12.3 Å². The Labute approximate surface area is 124 Å². The molecule has 0 aromatic carbocycles. The maximum Gasteiger partial charge on any atom is 0.411 e. The van der Waals surface area contributed by atoms with E-state index in [1.165, 1.54) is 0 Å². The topological polar surface area (TPSA) is 41.6 Å². The number of rotatable bonds is 8. The first-order valence-electron chi connectivity index (χ1n) is 7.47. The Morgan fingerprint density at radius 3 is 2.57 bits per heavy atom. The number of halogens is 3. The van der Waals surface area contributed by atoms with E-state index in [2.05, 4.69) is 17.0 Å². The van der Waals surface area contributed by atoms with Gasteiger partial charge in [0, 0.05) is 6.54 Å². The summed E-state index contributed by atoms with van der Waals surface area (Å²) in [4.78, 5) is 13.9. The molecule has 7 heteroatoms. The van der Waals surface area contributed by atoms with Gasteiger partial charge in [0.1, 0.15) is 6.61 Å². The number of carbonyl (C=O) groups excluding carboxylic acids is 1. The Kier molecular flexibility index (Phi) is 6.93. The van der Waals surface area contributed by atoms with E-state index >= 15 is 0 Å². The second-order valence-corrected chi connectivity index (χ2v) is 5.75. The lowest BCUT2D eigenvalue weighted by Crippen LogP contribution is -2.43. The van der Waals surface area contributed by atoms with Crippen molar-refractivity contribution in [1.82, 2.24) is 10.2 Å². The molecule has 1 N–H and O–H groups in total. The van der Waals surface area contributed by atoms with Crippen LogP contribution in [0.5, 0.6) is 0 Å². The van der Waals surface area contributed by atoms with E-state index in [1.807, 2.05) is 13.8 Å². The minimum Gasteiger partial charge on any atom is -0.370 e. The number of hydrogen-bond acceptors (Lipinski definition) is 3. The molecule has 1 rings (SSSR count). The van der Waals surface area contributed by atoms with Crippen molar-refractivity contribution in [3.8, 4) is 0 Å². The SMILES string of the molecule is CCCCC1NC(C(C)C)N(CCOCC(F)(F)F)C1=O. The van der Waals surface area contributed by atoms with Crippen LogP contribution in [0.4, 0.5) is 13.2 Å². The molecular weight excluding hydrogens is 285 g/mol. The van der Waals surface area contributed by atoms with Crippen LogP contribution in [0.1, 0.15) is 40.0 Å². The first-order chi connectivity index (χ1) is 9.76. The van der Waals surface area contributed by atoms with Gasteiger partial charge in [-0.15, -0.1) is 0 Å². The summed E-state index contributed by atoms with van der Waals surface area (Å²) in [5.74, 6) is 0.168. The fourth-order valence-corrected chi connectivity index (χ4v) is 2.47. The number of alkyl halides is 3. The van der Waals surface area contributed by atoms with Crippen molar-refractivity contribution >= 4 is 5.91 Å². The van der Waals surface area contributed by atoms with E-state index in [-0.39, 0.29) is 37.2 Å².